The van der Waals surface area contributed by atoms with Crippen LogP contribution in [-0.4, -0.2) is 60.1 Å². The molecule has 0 saturated carbocycles. The Labute approximate surface area is 130 Å². The molecule has 120 valence electrons. The fourth-order valence-corrected chi connectivity index (χ4v) is 3.31. The average Bonchev–Trinajstić information content (AvgIpc) is 2.66. The van der Waals surface area contributed by atoms with Crippen molar-refractivity contribution in [3.05, 3.63) is 33.2 Å². The molecule has 2 aliphatic heterocycles. The molecule has 3 heterocycles. The highest BCUT2D eigenvalue weighted by Gasteiger charge is 2.37. The monoisotopic (exact) mass is 305 g/mol. The summed E-state index contributed by atoms with van der Waals surface area (Å²) in [5.74, 6) is 0.0501. The van der Waals surface area contributed by atoms with Crippen LogP contribution in [0.25, 0.3) is 0 Å². The number of likely N-dealkylation sites (N-methyl/N-ethyl adjacent to an activating group) is 1. The number of amides is 1. The zero-order chi connectivity index (χ0) is 15.9. The SMILES string of the molecule is Cc1c[nH]c(CN2C[C@@H]3COC[C@H](C2)N(C)C3=O)c(C)c1=O. The summed E-state index contributed by atoms with van der Waals surface area (Å²) in [6.45, 7) is 6.86. The highest BCUT2D eigenvalue weighted by molar-refractivity contribution is 5.79. The van der Waals surface area contributed by atoms with Gasteiger partial charge in [-0.15, -0.1) is 0 Å². The van der Waals surface area contributed by atoms with Crippen molar-refractivity contribution in [3.63, 3.8) is 0 Å². The van der Waals surface area contributed by atoms with Crippen LogP contribution in [0, 0.1) is 19.8 Å². The number of hydrogen-bond donors (Lipinski definition) is 1. The van der Waals surface area contributed by atoms with Crippen molar-refractivity contribution in [2.24, 2.45) is 5.92 Å². The molecule has 0 spiro atoms. The lowest BCUT2D eigenvalue weighted by Crippen LogP contribution is -2.43. The van der Waals surface area contributed by atoms with E-state index in [4.69, 9.17) is 4.74 Å². The van der Waals surface area contributed by atoms with Crippen LogP contribution in [0.3, 0.4) is 0 Å². The molecule has 1 N–H and O–H groups in total. The predicted molar refractivity (Wildman–Crippen MR) is 82.7 cm³/mol. The average molecular weight is 305 g/mol. The minimum atomic E-state index is -0.116. The Kier molecular flexibility index (Phi) is 4.06. The summed E-state index contributed by atoms with van der Waals surface area (Å²) in [6.07, 6.45) is 1.77. The van der Waals surface area contributed by atoms with Crippen molar-refractivity contribution in [2.75, 3.05) is 33.4 Å². The van der Waals surface area contributed by atoms with Gasteiger partial charge in [-0.3, -0.25) is 14.5 Å². The number of pyridine rings is 1. The first kappa shape index (κ1) is 15.2. The van der Waals surface area contributed by atoms with Gasteiger partial charge in [-0.1, -0.05) is 0 Å². The molecule has 2 atom stereocenters. The molecule has 3 rings (SSSR count). The van der Waals surface area contributed by atoms with Gasteiger partial charge in [0, 0.05) is 49.7 Å². The minimum absolute atomic E-state index is 0.0810. The van der Waals surface area contributed by atoms with E-state index in [1.807, 2.05) is 25.8 Å². The third kappa shape index (κ3) is 2.68. The second-order valence-electron chi connectivity index (χ2n) is 6.44. The van der Waals surface area contributed by atoms with Crippen LogP contribution in [0.5, 0.6) is 0 Å². The second kappa shape index (κ2) is 5.85. The number of hydrogen-bond acceptors (Lipinski definition) is 4. The second-order valence-corrected chi connectivity index (χ2v) is 6.44. The van der Waals surface area contributed by atoms with E-state index in [0.717, 1.165) is 23.4 Å². The van der Waals surface area contributed by atoms with Crippen LogP contribution in [0.1, 0.15) is 16.8 Å². The first-order chi connectivity index (χ1) is 10.5. The summed E-state index contributed by atoms with van der Waals surface area (Å²) < 4.78 is 5.61. The van der Waals surface area contributed by atoms with Gasteiger partial charge in [0.2, 0.25) is 5.91 Å². The lowest BCUT2D eigenvalue weighted by molar-refractivity contribution is -0.133. The van der Waals surface area contributed by atoms with E-state index in [1.165, 1.54) is 0 Å². The third-order valence-electron chi connectivity index (χ3n) is 4.82. The van der Waals surface area contributed by atoms with Crippen molar-refractivity contribution in [1.82, 2.24) is 14.8 Å². The number of nitrogens with zero attached hydrogens (tertiary/aromatic N) is 2. The number of aromatic amines is 1. The standard InChI is InChI=1S/C16H23N3O3/c1-10-4-17-14(11(2)15(10)20)7-19-5-12-8-22-9-13(6-19)18(3)16(12)21/h4,12-13H,5-9H2,1-3H3,(H,17,20)/t12-,13+/m1/s1. The lowest BCUT2D eigenvalue weighted by Gasteiger charge is -2.29. The molecule has 2 saturated heterocycles. The van der Waals surface area contributed by atoms with Gasteiger partial charge in [0.1, 0.15) is 0 Å². The lowest BCUT2D eigenvalue weighted by atomic mass is 10.1. The zero-order valence-electron chi connectivity index (χ0n) is 13.4. The molecule has 0 radical (unpaired) electrons. The molecule has 2 fully saturated rings. The van der Waals surface area contributed by atoms with Gasteiger partial charge in [-0.2, -0.15) is 0 Å². The Bertz CT molecular complexity index is 640. The van der Waals surface area contributed by atoms with E-state index in [-0.39, 0.29) is 23.3 Å². The van der Waals surface area contributed by atoms with Crippen molar-refractivity contribution in [1.29, 1.82) is 0 Å². The molecule has 2 bridgehead atoms. The molecule has 2 aliphatic rings. The Morgan fingerprint density at radius 1 is 1.27 bits per heavy atom. The van der Waals surface area contributed by atoms with Gasteiger partial charge in [-0.25, -0.2) is 0 Å². The smallest absolute Gasteiger partial charge is 0.229 e. The molecule has 6 heteroatoms. The van der Waals surface area contributed by atoms with E-state index in [0.29, 0.717) is 26.3 Å². The maximum atomic E-state index is 12.4. The highest BCUT2D eigenvalue weighted by atomic mass is 16.5. The van der Waals surface area contributed by atoms with Crippen LogP contribution in [0.2, 0.25) is 0 Å². The summed E-state index contributed by atoms with van der Waals surface area (Å²) in [5.41, 5.74) is 2.54. The summed E-state index contributed by atoms with van der Waals surface area (Å²) in [6, 6.07) is 0.0810. The summed E-state index contributed by atoms with van der Waals surface area (Å²) in [4.78, 5) is 31.7. The van der Waals surface area contributed by atoms with Crippen LogP contribution < -0.4 is 5.43 Å². The number of ether oxygens (including phenoxy) is 1. The molecular formula is C16H23N3O3. The predicted octanol–water partition coefficient (Wildman–Crippen LogP) is 0.281. The quantitative estimate of drug-likeness (QED) is 0.852. The Hall–Kier alpha value is -1.66. The maximum absolute atomic E-state index is 12.4. The van der Waals surface area contributed by atoms with Gasteiger partial charge < -0.3 is 14.6 Å². The largest absolute Gasteiger partial charge is 0.378 e. The van der Waals surface area contributed by atoms with Gasteiger partial charge >= 0.3 is 0 Å². The normalized spacial score (nSPS) is 26.1. The van der Waals surface area contributed by atoms with Crippen LogP contribution in [0.4, 0.5) is 0 Å². The number of H-pyrrole nitrogens is 1. The van der Waals surface area contributed by atoms with Gasteiger partial charge in [0.25, 0.3) is 0 Å². The maximum Gasteiger partial charge on any atom is 0.229 e. The number of carbonyl (C=O) groups excluding carboxylic acids is 1. The molecule has 6 nitrogen and oxygen atoms in total. The molecule has 1 aromatic rings. The summed E-state index contributed by atoms with van der Waals surface area (Å²) in [5, 5.41) is 0. The van der Waals surface area contributed by atoms with Gasteiger partial charge in [0.05, 0.1) is 25.2 Å². The molecule has 1 amide bonds. The van der Waals surface area contributed by atoms with Crippen molar-refractivity contribution in [2.45, 2.75) is 26.4 Å². The Balaban J connectivity index is 1.83. The van der Waals surface area contributed by atoms with Crippen LogP contribution in [-0.2, 0) is 16.1 Å². The molecule has 22 heavy (non-hydrogen) atoms. The number of aromatic nitrogens is 1. The highest BCUT2D eigenvalue weighted by Crippen LogP contribution is 2.21. The molecule has 0 unspecified atom stereocenters. The van der Waals surface area contributed by atoms with E-state index in [2.05, 4.69) is 9.88 Å². The number of nitrogens with one attached hydrogen (secondary N) is 1. The number of carbonyl (C=O) groups is 1. The van der Waals surface area contributed by atoms with Crippen LogP contribution in [0.15, 0.2) is 11.0 Å². The molecule has 0 aliphatic carbocycles. The fraction of sp³-hybridized carbons (Fsp3) is 0.625. The van der Waals surface area contributed by atoms with E-state index < -0.39 is 0 Å². The van der Waals surface area contributed by atoms with Crippen LogP contribution >= 0.6 is 0 Å². The Morgan fingerprint density at radius 2 is 2.05 bits per heavy atom. The van der Waals surface area contributed by atoms with Crippen molar-refractivity contribution >= 4 is 5.91 Å². The molecular weight excluding hydrogens is 282 g/mol. The first-order valence-corrected chi connectivity index (χ1v) is 7.72. The molecule has 1 aromatic heterocycles. The molecule has 0 aromatic carbocycles. The van der Waals surface area contributed by atoms with Gasteiger partial charge in [-0.05, 0) is 13.8 Å². The van der Waals surface area contributed by atoms with E-state index in [1.54, 1.807) is 6.20 Å². The minimum Gasteiger partial charge on any atom is -0.378 e. The number of rotatable bonds is 2. The number of fused-ring (bicyclic) bond motifs is 3. The fourth-order valence-electron chi connectivity index (χ4n) is 3.31. The number of aryl methyl sites for hydroxylation is 1. The van der Waals surface area contributed by atoms with E-state index in [9.17, 15) is 9.59 Å². The Morgan fingerprint density at radius 3 is 2.82 bits per heavy atom. The third-order valence-corrected chi connectivity index (χ3v) is 4.82. The summed E-state index contributed by atoms with van der Waals surface area (Å²) >= 11 is 0. The van der Waals surface area contributed by atoms with Crippen molar-refractivity contribution in [3.8, 4) is 0 Å². The van der Waals surface area contributed by atoms with Crippen molar-refractivity contribution < 1.29 is 9.53 Å². The summed E-state index contributed by atoms with van der Waals surface area (Å²) in [7, 11) is 1.86. The topological polar surface area (TPSA) is 65.6 Å². The van der Waals surface area contributed by atoms with E-state index >= 15 is 0 Å². The zero-order valence-corrected chi connectivity index (χ0v) is 13.4. The first-order valence-electron chi connectivity index (χ1n) is 7.72. The van der Waals surface area contributed by atoms with Gasteiger partial charge in [0.15, 0.2) is 5.43 Å².